The van der Waals surface area contributed by atoms with E-state index in [1.807, 2.05) is 71.9 Å². The summed E-state index contributed by atoms with van der Waals surface area (Å²) in [4.78, 5) is 7.05. The summed E-state index contributed by atoms with van der Waals surface area (Å²) in [5.74, 6) is -0.294. The lowest BCUT2D eigenvalue weighted by molar-refractivity contribution is 0.567. The van der Waals surface area contributed by atoms with Gasteiger partial charge in [0.2, 0.25) is 0 Å². The smallest absolute Gasteiger partial charge is 0.190 e. The molecule has 7 aromatic rings. The molecule has 7 rings (SSSR count). The molecule has 0 heterocycles. The molecular weight excluding hydrogens is 1110 g/mol. The third-order valence-electron chi connectivity index (χ3n) is 16.1. The Bertz CT molecular complexity index is 3300. The van der Waals surface area contributed by atoms with Crippen LogP contribution in [0.3, 0.4) is 0 Å². The fourth-order valence-electron chi connectivity index (χ4n) is 8.41. The van der Waals surface area contributed by atoms with E-state index >= 15 is 0 Å². The number of nitrogens with zero attached hydrogens (tertiary/aromatic N) is 2. The van der Waals surface area contributed by atoms with Gasteiger partial charge in [-0.1, -0.05) is 280 Å². The van der Waals surface area contributed by atoms with E-state index in [1.165, 1.54) is 44.5 Å². The van der Waals surface area contributed by atoms with Gasteiger partial charge in [0.25, 0.3) is 0 Å². The third-order valence-corrected chi connectivity index (χ3v) is 16.1. The molecule has 0 saturated heterocycles. The van der Waals surface area contributed by atoms with Gasteiger partial charge < -0.3 is 0 Å². The maximum absolute atomic E-state index is 13.4. The zero-order valence-corrected chi connectivity index (χ0v) is 61.0. The van der Waals surface area contributed by atoms with Gasteiger partial charge in [-0.25, -0.2) is 22.9 Å². The van der Waals surface area contributed by atoms with Gasteiger partial charge in [0.15, 0.2) is 11.4 Å². The molecule has 5 heteroatoms. The lowest BCUT2D eigenvalue weighted by Crippen LogP contribution is -2.12. The summed E-state index contributed by atoms with van der Waals surface area (Å²) >= 11 is 0. The van der Waals surface area contributed by atoms with Crippen LogP contribution in [-0.4, -0.2) is 0 Å². The van der Waals surface area contributed by atoms with Crippen LogP contribution in [0.25, 0.3) is 9.69 Å². The number of aryl methyl sites for hydroxylation is 8. The van der Waals surface area contributed by atoms with Crippen LogP contribution in [0, 0.1) is 107 Å². The summed E-state index contributed by atoms with van der Waals surface area (Å²) in [6, 6.07) is 38.6. The molecular formula is C85H123F3N2. The predicted octanol–water partition coefficient (Wildman–Crippen LogP) is 27.1. The molecule has 7 aromatic carbocycles. The SMILES string of the molecule is C.C.Cc1cc(C(C)(C)C)cc(F)c1C.Cc1cc(C(C)(C)C)cc(F)c1C.Cc1ccc(C(C)(C)C)cc1.Cc1ccc(C(C)(C)C)cc1C.Cc1ccc(C(C)(C)C)cc1F.[C-]#[N+]c1cc(C(C)(C)C)cc(C)c1C.[C-]#[N+]c1cc(C(C)(C)C)ccc1C. The van der Waals surface area contributed by atoms with Crippen molar-refractivity contribution in [1.82, 2.24) is 0 Å². The maximum Gasteiger partial charge on any atom is 0.190 e. The van der Waals surface area contributed by atoms with Crippen molar-refractivity contribution in [2.24, 2.45) is 0 Å². The highest BCUT2D eigenvalue weighted by Gasteiger charge is 2.20. The highest BCUT2D eigenvalue weighted by molar-refractivity contribution is 5.58. The van der Waals surface area contributed by atoms with Crippen molar-refractivity contribution in [3.8, 4) is 0 Å². The lowest BCUT2D eigenvalue weighted by atomic mass is 9.85. The van der Waals surface area contributed by atoms with E-state index in [-0.39, 0.29) is 70.2 Å². The largest absolute Gasteiger partial charge is 0.238 e. The minimum atomic E-state index is -0.109. The second kappa shape index (κ2) is 34.7. The molecule has 0 aliphatic heterocycles. The Morgan fingerprint density at radius 3 is 0.811 bits per heavy atom. The highest BCUT2D eigenvalue weighted by atomic mass is 19.1. The van der Waals surface area contributed by atoms with E-state index in [0.29, 0.717) is 5.56 Å². The quantitative estimate of drug-likeness (QED) is 0.134. The van der Waals surface area contributed by atoms with E-state index in [0.717, 1.165) is 61.4 Å². The second-order valence-electron chi connectivity index (χ2n) is 31.3. The fraction of sp³-hybridized carbons (Fsp3) is 0.482. The minimum absolute atomic E-state index is 0. The molecule has 0 atom stereocenters. The molecule has 90 heavy (non-hydrogen) atoms. The molecule has 0 bridgehead atoms. The molecule has 0 spiro atoms. The van der Waals surface area contributed by atoms with Crippen LogP contribution in [0.4, 0.5) is 24.5 Å². The summed E-state index contributed by atoms with van der Waals surface area (Å²) in [5, 5.41) is 0. The highest BCUT2D eigenvalue weighted by Crippen LogP contribution is 2.33. The minimum Gasteiger partial charge on any atom is -0.238 e. The molecule has 0 aliphatic rings. The molecule has 0 amide bonds. The van der Waals surface area contributed by atoms with Gasteiger partial charge >= 0.3 is 0 Å². The van der Waals surface area contributed by atoms with Crippen LogP contribution in [0.1, 0.15) is 260 Å². The Labute approximate surface area is 551 Å². The number of halogens is 3. The van der Waals surface area contributed by atoms with Gasteiger partial charge in [-0.05, 0) is 210 Å². The van der Waals surface area contributed by atoms with Crippen LogP contribution >= 0.6 is 0 Å². The molecule has 0 aromatic heterocycles. The van der Waals surface area contributed by atoms with Gasteiger partial charge in [-0.2, -0.15) is 0 Å². The van der Waals surface area contributed by atoms with Crippen molar-refractivity contribution in [1.29, 1.82) is 0 Å². The van der Waals surface area contributed by atoms with E-state index in [4.69, 9.17) is 13.1 Å². The van der Waals surface area contributed by atoms with Crippen molar-refractivity contribution in [3.63, 3.8) is 0 Å². The number of benzene rings is 7. The molecule has 0 aliphatic carbocycles. The summed E-state index contributed by atoms with van der Waals surface area (Å²) in [7, 11) is 0. The lowest BCUT2D eigenvalue weighted by Gasteiger charge is -2.21. The van der Waals surface area contributed by atoms with Gasteiger partial charge in [0, 0.05) is 0 Å². The van der Waals surface area contributed by atoms with Crippen molar-refractivity contribution in [2.45, 2.75) is 274 Å². The van der Waals surface area contributed by atoms with Crippen molar-refractivity contribution in [3.05, 3.63) is 256 Å². The number of hydrogen-bond acceptors (Lipinski definition) is 0. The molecule has 2 nitrogen and oxygen atoms in total. The van der Waals surface area contributed by atoms with Gasteiger partial charge in [0.1, 0.15) is 17.5 Å². The molecule has 0 saturated carbocycles. The molecule has 0 unspecified atom stereocenters. The Kier molecular flexibility index (Phi) is 32.9. The van der Waals surface area contributed by atoms with Crippen LogP contribution in [0.2, 0.25) is 0 Å². The molecule has 0 radical (unpaired) electrons. The van der Waals surface area contributed by atoms with Crippen LogP contribution < -0.4 is 0 Å². The van der Waals surface area contributed by atoms with E-state index in [1.54, 1.807) is 25.1 Å². The monoisotopic (exact) mass is 1230 g/mol. The van der Waals surface area contributed by atoms with Crippen LogP contribution in [0.15, 0.2) is 115 Å². The summed E-state index contributed by atoms with van der Waals surface area (Å²) < 4.78 is 39.9. The number of rotatable bonds is 0. The fourth-order valence-corrected chi connectivity index (χ4v) is 8.41. The Balaban J connectivity index is 0. The number of hydrogen-bond donors (Lipinski definition) is 0. The summed E-state index contributed by atoms with van der Waals surface area (Å²) in [6.45, 7) is 81.2. The van der Waals surface area contributed by atoms with Crippen molar-refractivity contribution < 1.29 is 13.2 Å². The molecule has 0 fully saturated rings. The van der Waals surface area contributed by atoms with Crippen LogP contribution in [-0.2, 0) is 37.9 Å². The van der Waals surface area contributed by atoms with E-state index in [2.05, 4.69) is 250 Å². The Hall–Kier alpha value is -6.69. The van der Waals surface area contributed by atoms with Crippen LogP contribution in [0.5, 0.6) is 0 Å². The zero-order valence-electron chi connectivity index (χ0n) is 61.0. The first kappa shape index (κ1) is 85.4. The maximum atomic E-state index is 13.4. The van der Waals surface area contributed by atoms with Gasteiger partial charge in [0.05, 0.1) is 13.1 Å². The normalized spacial score (nSPS) is 11.3. The Morgan fingerprint density at radius 1 is 0.244 bits per heavy atom. The molecule has 0 N–H and O–H groups in total. The first-order valence-electron chi connectivity index (χ1n) is 31.2. The summed E-state index contributed by atoms with van der Waals surface area (Å²) in [5.41, 5.74) is 22.7. The third kappa shape index (κ3) is 28.2. The predicted molar refractivity (Wildman–Crippen MR) is 394 cm³/mol. The zero-order chi connectivity index (χ0) is 68.6. The second-order valence-corrected chi connectivity index (χ2v) is 31.3. The van der Waals surface area contributed by atoms with Gasteiger partial charge in [-0.15, -0.1) is 0 Å². The van der Waals surface area contributed by atoms with E-state index in [9.17, 15) is 13.2 Å². The average molecular weight is 1230 g/mol. The standard InChI is InChI=1S/C13H17N.2C12H17F.C12H15N.C12H18.C11H15F.C11H16.2CH4/c1-9-7-11(13(3,4)5)8-12(14-6)10(9)2;2*1-8-6-10(12(3,4)5)7-11(13)9(8)2;1-9-6-7-10(12(2,3)4)8-11(9)13-5;1-9-6-7-11(8-10(9)2)12(3,4)5;1-8-5-6-9(7-10(8)12)11(2,3)4;1-9-5-7-10(8-6-9)11(2,3)4;;/h7-8H,1-5H3;2*6-7H,1-5H3;6-8H,1-4H3;6-8H,1-5H3;5-7H,1-4H3;5-8H,1-4H3;2*1H4. The Morgan fingerprint density at radius 2 is 0.500 bits per heavy atom. The van der Waals surface area contributed by atoms with Gasteiger partial charge in [-0.3, -0.25) is 0 Å². The first-order chi connectivity index (χ1) is 39.8. The average Bonchev–Trinajstić information content (AvgIpc) is 0.935. The van der Waals surface area contributed by atoms with E-state index < -0.39 is 0 Å². The van der Waals surface area contributed by atoms with Crippen molar-refractivity contribution in [2.75, 3.05) is 0 Å². The topological polar surface area (TPSA) is 8.72 Å². The summed E-state index contributed by atoms with van der Waals surface area (Å²) in [6.07, 6.45) is 0. The molecule has 494 valence electrons. The van der Waals surface area contributed by atoms with Crippen molar-refractivity contribution >= 4 is 11.4 Å². The first-order valence-corrected chi connectivity index (χ1v) is 31.2.